The van der Waals surface area contributed by atoms with Gasteiger partial charge in [0.1, 0.15) is 5.75 Å². The van der Waals surface area contributed by atoms with Crippen LogP contribution in [0.5, 0.6) is 5.75 Å². The van der Waals surface area contributed by atoms with Gasteiger partial charge in [0, 0.05) is 23.1 Å². The molecule has 2 aromatic rings. The third-order valence-electron chi connectivity index (χ3n) is 5.04. The zero-order chi connectivity index (χ0) is 22.5. The number of hydrogen-bond acceptors (Lipinski definition) is 5. The van der Waals surface area contributed by atoms with Gasteiger partial charge in [0.25, 0.3) is 5.91 Å². The van der Waals surface area contributed by atoms with Crippen molar-refractivity contribution < 1.29 is 23.9 Å². The SMILES string of the molecule is CCOc1ccccc1N1C[C@H](C(=O)OCC(=O)Nc2cc(C)c(Br)cc2C)CC1=O. The lowest BCUT2D eigenvalue weighted by Crippen LogP contribution is -2.28. The summed E-state index contributed by atoms with van der Waals surface area (Å²) >= 11 is 3.45. The molecule has 1 atom stereocenters. The van der Waals surface area contributed by atoms with Crippen molar-refractivity contribution >= 4 is 45.1 Å². The molecule has 1 saturated heterocycles. The van der Waals surface area contributed by atoms with Crippen LogP contribution in [0, 0.1) is 19.8 Å². The Labute approximate surface area is 189 Å². The number of carbonyl (C=O) groups excluding carboxylic acids is 3. The predicted molar refractivity (Wildman–Crippen MR) is 121 cm³/mol. The smallest absolute Gasteiger partial charge is 0.311 e. The number of aryl methyl sites for hydroxylation is 2. The summed E-state index contributed by atoms with van der Waals surface area (Å²) in [6, 6.07) is 11.0. The molecule has 0 spiro atoms. The molecule has 2 amide bonds. The Kier molecular flexibility index (Phi) is 7.33. The van der Waals surface area contributed by atoms with E-state index in [1.54, 1.807) is 12.1 Å². The van der Waals surface area contributed by atoms with Crippen molar-refractivity contribution in [1.29, 1.82) is 0 Å². The lowest BCUT2D eigenvalue weighted by Gasteiger charge is -2.20. The third-order valence-corrected chi connectivity index (χ3v) is 5.89. The fraction of sp³-hybridized carbons (Fsp3) is 0.348. The number of hydrogen-bond donors (Lipinski definition) is 1. The van der Waals surface area contributed by atoms with Crippen molar-refractivity contribution in [3.05, 3.63) is 52.0 Å². The van der Waals surface area contributed by atoms with Gasteiger partial charge < -0.3 is 19.7 Å². The van der Waals surface area contributed by atoms with Crippen LogP contribution in [0.15, 0.2) is 40.9 Å². The fourth-order valence-electron chi connectivity index (χ4n) is 3.41. The first-order valence-corrected chi connectivity index (χ1v) is 10.8. The largest absolute Gasteiger partial charge is 0.492 e. The Morgan fingerprint density at radius 3 is 2.68 bits per heavy atom. The van der Waals surface area contributed by atoms with Crippen LogP contribution in [0.4, 0.5) is 11.4 Å². The van der Waals surface area contributed by atoms with E-state index in [1.165, 1.54) is 4.90 Å². The van der Waals surface area contributed by atoms with Crippen molar-refractivity contribution in [1.82, 2.24) is 0 Å². The molecule has 8 heteroatoms. The van der Waals surface area contributed by atoms with Crippen molar-refractivity contribution in [3.63, 3.8) is 0 Å². The Morgan fingerprint density at radius 1 is 1.19 bits per heavy atom. The second-order valence-corrected chi connectivity index (χ2v) is 8.23. The number of rotatable bonds is 7. The molecule has 0 radical (unpaired) electrons. The maximum atomic E-state index is 12.5. The molecule has 0 saturated carbocycles. The molecular formula is C23H25BrN2O5. The van der Waals surface area contributed by atoms with E-state index in [-0.39, 0.29) is 18.9 Å². The van der Waals surface area contributed by atoms with Gasteiger partial charge in [0.2, 0.25) is 5.91 Å². The second kappa shape index (κ2) is 9.96. The first-order valence-electron chi connectivity index (χ1n) is 10.1. The summed E-state index contributed by atoms with van der Waals surface area (Å²) in [5.74, 6) is -1.22. The Morgan fingerprint density at radius 2 is 1.94 bits per heavy atom. The molecule has 31 heavy (non-hydrogen) atoms. The topological polar surface area (TPSA) is 84.9 Å². The summed E-state index contributed by atoms with van der Waals surface area (Å²) < 4.78 is 11.7. The number of halogens is 1. The molecule has 164 valence electrons. The fourth-order valence-corrected chi connectivity index (χ4v) is 3.87. The van der Waals surface area contributed by atoms with E-state index in [2.05, 4.69) is 21.2 Å². The van der Waals surface area contributed by atoms with Crippen LogP contribution < -0.4 is 15.0 Å². The van der Waals surface area contributed by atoms with Crippen LogP contribution >= 0.6 is 15.9 Å². The lowest BCUT2D eigenvalue weighted by molar-refractivity contribution is -0.151. The van der Waals surface area contributed by atoms with Crippen molar-refractivity contribution in [2.45, 2.75) is 27.2 Å². The minimum absolute atomic E-state index is 0.0337. The van der Waals surface area contributed by atoms with Gasteiger partial charge in [0.05, 0.1) is 18.2 Å². The average molecular weight is 489 g/mol. The minimum atomic E-state index is -0.633. The Hall–Kier alpha value is -2.87. The van der Waals surface area contributed by atoms with Gasteiger partial charge in [-0.15, -0.1) is 0 Å². The van der Waals surface area contributed by atoms with Gasteiger partial charge in [0.15, 0.2) is 6.61 Å². The van der Waals surface area contributed by atoms with E-state index >= 15 is 0 Å². The number of para-hydroxylation sites is 2. The summed E-state index contributed by atoms with van der Waals surface area (Å²) in [7, 11) is 0. The van der Waals surface area contributed by atoms with E-state index in [9.17, 15) is 14.4 Å². The van der Waals surface area contributed by atoms with Gasteiger partial charge >= 0.3 is 5.97 Å². The predicted octanol–water partition coefficient (Wildman–Crippen LogP) is 4.00. The van der Waals surface area contributed by atoms with Crippen molar-refractivity contribution in [3.8, 4) is 5.75 Å². The number of anilines is 2. The molecule has 0 aliphatic carbocycles. The first kappa shape index (κ1) is 22.8. The van der Waals surface area contributed by atoms with E-state index in [1.807, 2.05) is 45.0 Å². The van der Waals surface area contributed by atoms with Crippen molar-refractivity contribution in [2.75, 3.05) is 30.0 Å². The van der Waals surface area contributed by atoms with Crippen LogP contribution in [0.3, 0.4) is 0 Å². The average Bonchev–Trinajstić information content (AvgIpc) is 3.12. The number of benzene rings is 2. The maximum Gasteiger partial charge on any atom is 0.311 e. The molecule has 1 aliphatic rings. The Balaban J connectivity index is 1.58. The molecule has 0 aromatic heterocycles. The van der Waals surface area contributed by atoms with E-state index in [4.69, 9.17) is 9.47 Å². The van der Waals surface area contributed by atoms with Gasteiger partial charge in [-0.05, 0) is 56.2 Å². The van der Waals surface area contributed by atoms with Gasteiger partial charge in [-0.25, -0.2) is 0 Å². The second-order valence-electron chi connectivity index (χ2n) is 7.38. The van der Waals surface area contributed by atoms with Crippen LogP contribution in [-0.2, 0) is 19.1 Å². The van der Waals surface area contributed by atoms with Crippen molar-refractivity contribution in [2.24, 2.45) is 5.92 Å². The highest BCUT2D eigenvalue weighted by Gasteiger charge is 2.37. The summed E-state index contributed by atoms with van der Waals surface area (Å²) in [6.07, 6.45) is 0.0337. The molecule has 2 aromatic carbocycles. The molecule has 0 unspecified atom stereocenters. The number of amides is 2. The monoisotopic (exact) mass is 488 g/mol. The minimum Gasteiger partial charge on any atom is -0.492 e. The normalized spacial score (nSPS) is 15.7. The number of carbonyl (C=O) groups is 3. The van der Waals surface area contributed by atoms with E-state index in [0.717, 1.165) is 15.6 Å². The van der Waals surface area contributed by atoms with Crippen LogP contribution in [0.2, 0.25) is 0 Å². The molecule has 7 nitrogen and oxygen atoms in total. The highest BCUT2D eigenvalue weighted by molar-refractivity contribution is 9.10. The lowest BCUT2D eigenvalue weighted by atomic mass is 10.1. The first-order chi connectivity index (χ1) is 14.8. The van der Waals surface area contributed by atoms with E-state index < -0.39 is 24.4 Å². The number of ether oxygens (including phenoxy) is 2. The van der Waals surface area contributed by atoms with Gasteiger partial charge in [-0.3, -0.25) is 14.4 Å². The van der Waals surface area contributed by atoms with Crippen LogP contribution in [-0.4, -0.2) is 37.5 Å². The van der Waals surface area contributed by atoms with E-state index in [0.29, 0.717) is 23.7 Å². The summed E-state index contributed by atoms with van der Waals surface area (Å²) in [5.41, 5.74) is 3.16. The van der Waals surface area contributed by atoms with Crippen LogP contribution in [0.25, 0.3) is 0 Å². The number of nitrogens with zero attached hydrogens (tertiary/aromatic N) is 1. The molecule has 1 heterocycles. The molecule has 1 fully saturated rings. The molecule has 0 bridgehead atoms. The summed E-state index contributed by atoms with van der Waals surface area (Å²) in [4.78, 5) is 38.8. The molecular weight excluding hydrogens is 464 g/mol. The zero-order valence-corrected chi connectivity index (χ0v) is 19.3. The van der Waals surface area contributed by atoms with Gasteiger partial charge in [-0.1, -0.05) is 28.1 Å². The summed E-state index contributed by atoms with van der Waals surface area (Å²) in [5, 5.41) is 2.76. The number of esters is 1. The maximum absolute atomic E-state index is 12.5. The Bertz CT molecular complexity index is 1010. The molecule has 1 N–H and O–H groups in total. The standard InChI is InChI=1S/C23H25BrN2O5/c1-4-30-20-8-6-5-7-19(20)26-12-16(11-22(26)28)23(29)31-13-21(27)25-18-10-14(2)17(24)9-15(18)3/h5-10,16H,4,11-13H2,1-3H3,(H,25,27)/t16-/m1/s1. The molecule has 1 aliphatic heterocycles. The summed E-state index contributed by atoms with van der Waals surface area (Å²) in [6.45, 7) is 5.92. The quantitative estimate of drug-likeness (QED) is 0.595. The van der Waals surface area contributed by atoms with Gasteiger partial charge in [-0.2, -0.15) is 0 Å². The highest BCUT2D eigenvalue weighted by atomic mass is 79.9. The number of nitrogens with one attached hydrogen (secondary N) is 1. The zero-order valence-electron chi connectivity index (χ0n) is 17.7. The van der Waals surface area contributed by atoms with Crippen LogP contribution in [0.1, 0.15) is 24.5 Å². The third kappa shape index (κ3) is 5.44. The molecule has 3 rings (SSSR count). The highest BCUT2D eigenvalue weighted by Crippen LogP contribution is 2.33.